The van der Waals surface area contributed by atoms with E-state index < -0.39 is 11.5 Å². The van der Waals surface area contributed by atoms with Crippen LogP contribution in [-0.4, -0.2) is 46.0 Å². The van der Waals surface area contributed by atoms with Crippen LogP contribution in [0.3, 0.4) is 0 Å². The van der Waals surface area contributed by atoms with Crippen LogP contribution in [0.1, 0.15) is 33.8 Å². The molecule has 6 nitrogen and oxygen atoms in total. The number of aromatic nitrogens is 2. The van der Waals surface area contributed by atoms with E-state index >= 15 is 0 Å². The Morgan fingerprint density at radius 2 is 2.17 bits per heavy atom. The Morgan fingerprint density at radius 1 is 1.46 bits per heavy atom. The van der Waals surface area contributed by atoms with Gasteiger partial charge in [-0.3, -0.25) is 4.79 Å². The Kier molecular flexibility index (Phi) is 4.51. The molecule has 0 unspecified atom stereocenters. The lowest BCUT2D eigenvalue weighted by Gasteiger charge is -2.38. The summed E-state index contributed by atoms with van der Waals surface area (Å²) in [5.41, 5.74) is -0.398. The van der Waals surface area contributed by atoms with E-state index in [0.29, 0.717) is 28.8 Å². The minimum atomic E-state index is -1.28. The van der Waals surface area contributed by atoms with E-state index in [1.807, 2.05) is 0 Å². The number of carbonyl (C=O) groups is 1. The van der Waals surface area contributed by atoms with Crippen molar-refractivity contribution in [2.24, 2.45) is 0 Å². The third-order valence-corrected chi connectivity index (χ3v) is 5.51. The second-order valence-electron chi connectivity index (χ2n) is 5.85. The van der Waals surface area contributed by atoms with Gasteiger partial charge in [0.05, 0.1) is 11.3 Å². The van der Waals surface area contributed by atoms with Crippen molar-refractivity contribution in [1.29, 1.82) is 0 Å². The quantitative estimate of drug-likeness (QED) is 0.830. The van der Waals surface area contributed by atoms with E-state index in [4.69, 9.17) is 0 Å². The number of aryl methyl sites for hydroxylation is 1. The summed E-state index contributed by atoms with van der Waals surface area (Å²) >= 11 is 1.31. The number of amides is 1. The molecule has 3 heterocycles. The summed E-state index contributed by atoms with van der Waals surface area (Å²) in [6.45, 7) is 2.52. The monoisotopic (exact) mass is 350 g/mol. The number of likely N-dealkylation sites (tertiary alicyclic amines) is 1. The number of nitrogens with one attached hydrogen (secondary N) is 1. The second-order valence-corrected chi connectivity index (χ2v) is 6.85. The number of nitrogens with zero attached hydrogens (tertiary/aromatic N) is 3. The lowest BCUT2D eigenvalue weighted by atomic mass is 9.85. The molecule has 1 aliphatic rings. The molecule has 0 bridgehead atoms. The number of carbonyl (C=O) groups excluding carboxylic acids is 1. The van der Waals surface area contributed by atoms with E-state index in [0.717, 1.165) is 0 Å². The third kappa shape index (κ3) is 2.99. The highest BCUT2D eigenvalue weighted by molar-refractivity contribution is 7.17. The predicted octanol–water partition coefficient (Wildman–Crippen LogP) is 2.15. The van der Waals surface area contributed by atoms with Crippen LogP contribution in [0.5, 0.6) is 0 Å². The second kappa shape index (κ2) is 6.45. The van der Waals surface area contributed by atoms with Crippen LogP contribution in [0.25, 0.3) is 0 Å². The number of thiazole rings is 1. The smallest absolute Gasteiger partial charge is 0.265 e. The lowest BCUT2D eigenvalue weighted by Crippen LogP contribution is -2.45. The highest BCUT2D eigenvalue weighted by Gasteiger charge is 2.38. The SMILES string of the molecule is CNc1nc(C)c(C(=O)N2CCC(O)(c3cccnc3F)CC2)s1. The van der Waals surface area contributed by atoms with Crippen LogP contribution in [0.4, 0.5) is 9.52 Å². The Morgan fingerprint density at radius 3 is 2.75 bits per heavy atom. The molecule has 2 aromatic rings. The van der Waals surface area contributed by atoms with Crippen molar-refractivity contribution in [2.75, 3.05) is 25.5 Å². The van der Waals surface area contributed by atoms with E-state index in [1.54, 1.807) is 31.0 Å². The van der Waals surface area contributed by atoms with Crippen molar-refractivity contribution < 1.29 is 14.3 Å². The molecule has 1 saturated heterocycles. The predicted molar refractivity (Wildman–Crippen MR) is 89.6 cm³/mol. The first kappa shape index (κ1) is 16.8. The maximum Gasteiger partial charge on any atom is 0.265 e. The number of halogens is 1. The normalized spacial score (nSPS) is 16.9. The standard InChI is InChI=1S/C16H19FN4O2S/c1-10-12(24-15(18-2)20-10)14(22)21-8-5-16(23,6-9-21)11-4-3-7-19-13(11)17/h3-4,7,23H,5-6,8-9H2,1-2H3,(H,18,20). The minimum absolute atomic E-state index is 0.0970. The van der Waals surface area contributed by atoms with Gasteiger partial charge in [-0.15, -0.1) is 0 Å². The molecule has 0 saturated carbocycles. The molecule has 24 heavy (non-hydrogen) atoms. The summed E-state index contributed by atoms with van der Waals surface area (Å²) in [7, 11) is 1.76. The number of hydrogen-bond donors (Lipinski definition) is 2. The molecule has 2 aromatic heterocycles. The van der Waals surface area contributed by atoms with Crippen molar-refractivity contribution >= 4 is 22.4 Å². The molecule has 0 atom stereocenters. The van der Waals surface area contributed by atoms with Crippen LogP contribution in [0, 0.1) is 12.9 Å². The molecule has 3 rings (SSSR count). The van der Waals surface area contributed by atoms with Gasteiger partial charge < -0.3 is 15.3 Å². The van der Waals surface area contributed by atoms with Gasteiger partial charge in [0, 0.05) is 31.9 Å². The number of rotatable bonds is 3. The van der Waals surface area contributed by atoms with Crippen LogP contribution >= 0.6 is 11.3 Å². The van der Waals surface area contributed by atoms with Crippen molar-refractivity contribution in [2.45, 2.75) is 25.4 Å². The van der Waals surface area contributed by atoms with Gasteiger partial charge in [0.15, 0.2) is 5.13 Å². The van der Waals surface area contributed by atoms with Crippen molar-refractivity contribution in [3.8, 4) is 0 Å². The summed E-state index contributed by atoms with van der Waals surface area (Å²) in [6.07, 6.45) is 1.91. The molecule has 1 amide bonds. The van der Waals surface area contributed by atoms with E-state index in [-0.39, 0.29) is 24.3 Å². The number of aliphatic hydroxyl groups is 1. The van der Waals surface area contributed by atoms with Gasteiger partial charge in [-0.2, -0.15) is 4.39 Å². The summed E-state index contributed by atoms with van der Waals surface area (Å²) in [6, 6.07) is 3.15. The molecule has 2 N–H and O–H groups in total. The van der Waals surface area contributed by atoms with Gasteiger partial charge in [0.1, 0.15) is 4.88 Å². The highest BCUT2D eigenvalue weighted by Crippen LogP contribution is 2.35. The first-order valence-electron chi connectivity index (χ1n) is 7.72. The van der Waals surface area contributed by atoms with Crippen LogP contribution < -0.4 is 5.32 Å². The summed E-state index contributed by atoms with van der Waals surface area (Å²) in [5.74, 6) is -0.753. The highest BCUT2D eigenvalue weighted by atomic mass is 32.1. The topological polar surface area (TPSA) is 78.4 Å². The molecule has 0 aliphatic carbocycles. The molecular formula is C16H19FN4O2S. The number of anilines is 1. The van der Waals surface area contributed by atoms with E-state index in [1.165, 1.54) is 17.5 Å². The zero-order valence-electron chi connectivity index (χ0n) is 13.5. The van der Waals surface area contributed by atoms with Crippen molar-refractivity contribution in [3.63, 3.8) is 0 Å². The first-order chi connectivity index (χ1) is 11.4. The fourth-order valence-electron chi connectivity index (χ4n) is 2.93. The zero-order chi connectivity index (χ0) is 17.3. The number of pyridine rings is 1. The molecule has 8 heteroatoms. The molecule has 1 fully saturated rings. The Labute approximate surface area is 143 Å². The lowest BCUT2D eigenvalue weighted by molar-refractivity contribution is -0.0240. The maximum absolute atomic E-state index is 13.9. The largest absolute Gasteiger partial charge is 0.385 e. The third-order valence-electron chi connectivity index (χ3n) is 4.34. The van der Waals surface area contributed by atoms with Gasteiger partial charge in [-0.25, -0.2) is 9.97 Å². The van der Waals surface area contributed by atoms with Crippen molar-refractivity contribution in [1.82, 2.24) is 14.9 Å². The van der Waals surface area contributed by atoms with Gasteiger partial charge >= 0.3 is 0 Å². The fraction of sp³-hybridized carbons (Fsp3) is 0.438. The van der Waals surface area contributed by atoms with Crippen molar-refractivity contribution in [3.05, 3.63) is 40.4 Å². The van der Waals surface area contributed by atoms with Crippen LogP contribution in [-0.2, 0) is 5.60 Å². The van der Waals surface area contributed by atoms with Gasteiger partial charge in [-0.05, 0) is 25.8 Å². The Balaban J connectivity index is 1.74. The number of hydrogen-bond acceptors (Lipinski definition) is 6. The average molecular weight is 350 g/mol. The maximum atomic E-state index is 13.9. The van der Waals surface area contributed by atoms with Gasteiger partial charge in [0.25, 0.3) is 5.91 Å². The first-order valence-corrected chi connectivity index (χ1v) is 8.54. The Bertz CT molecular complexity index is 756. The van der Waals surface area contributed by atoms with Crippen LogP contribution in [0.15, 0.2) is 18.3 Å². The summed E-state index contributed by atoms with van der Waals surface area (Å²) in [5, 5.41) is 14.4. The molecule has 1 aliphatic heterocycles. The molecule has 0 radical (unpaired) electrons. The van der Waals surface area contributed by atoms with Gasteiger partial charge in [0.2, 0.25) is 5.95 Å². The zero-order valence-corrected chi connectivity index (χ0v) is 14.4. The average Bonchev–Trinajstić information content (AvgIpc) is 2.96. The number of piperidine rings is 1. The van der Waals surface area contributed by atoms with Crippen LogP contribution in [0.2, 0.25) is 0 Å². The summed E-state index contributed by atoms with van der Waals surface area (Å²) in [4.78, 5) is 22.8. The molecule has 0 aromatic carbocycles. The van der Waals surface area contributed by atoms with E-state index in [9.17, 15) is 14.3 Å². The molecular weight excluding hydrogens is 331 g/mol. The summed E-state index contributed by atoms with van der Waals surface area (Å²) < 4.78 is 13.9. The van der Waals surface area contributed by atoms with Gasteiger partial charge in [-0.1, -0.05) is 17.4 Å². The molecule has 128 valence electrons. The van der Waals surface area contributed by atoms with E-state index in [2.05, 4.69) is 15.3 Å². The molecule has 0 spiro atoms. The Hall–Kier alpha value is -2.06. The minimum Gasteiger partial charge on any atom is -0.385 e. The fourth-order valence-corrected chi connectivity index (χ4v) is 3.82.